The molecule has 0 fully saturated rings. The zero-order chi connectivity index (χ0) is 15.6. The average Bonchev–Trinajstić information content (AvgIpc) is 2.63. The third kappa shape index (κ3) is 2.69. The number of hydrogen-bond donors (Lipinski definition) is 0. The van der Waals surface area contributed by atoms with Crippen LogP contribution >= 0.6 is 0 Å². The predicted molar refractivity (Wildman–Crippen MR) is 100 cm³/mol. The molecule has 23 heavy (non-hydrogen) atoms. The first-order chi connectivity index (χ1) is 11.3. The van der Waals surface area contributed by atoms with Crippen molar-refractivity contribution in [2.45, 2.75) is 0 Å². The maximum atomic E-state index is 2.33. The van der Waals surface area contributed by atoms with Crippen LogP contribution in [0.3, 0.4) is 0 Å². The molecule has 2 radical (unpaired) electrons. The molecular weight excluding hydrogens is 386 g/mol. The topological polar surface area (TPSA) is 0 Å². The summed E-state index contributed by atoms with van der Waals surface area (Å²) < 4.78 is 1.39. The summed E-state index contributed by atoms with van der Waals surface area (Å²) in [4.78, 5) is 0. The van der Waals surface area contributed by atoms with E-state index in [1.807, 2.05) is 0 Å². The molecule has 0 heterocycles. The van der Waals surface area contributed by atoms with Crippen LogP contribution in [0.2, 0.25) is 0 Å². The summed E-state index contributed by atoms with van der Waals surface area (Å²) in [6.07, 6.45) is 0. The standard InChI is InChI=1S/C22H15.Sb/c1-3-9-17(10-4-1)21-15-19-13-7-8-14-20(19)16-22(21)18-11-5-2-6-12-18;/h1-15H;. The van der Waals surface area contributed by atoms with Crippen LogP contribution in [0.4, 0.5) is 0 Å². The van der Waals surface area contributed by atoms with Gasteiger partial charge in [0.2, 0.25) is 0 Å². The van der Waals surface area contributed by atoms with E-state index in [9.17, 15) is 0 Å². The van der Waals surface area contributed by atoms with Gasteiger partial charge in [0.25, 0.3) is 0 Å². The van der Waals surface area contributed by atoms with Crippen molar-refractivity contribution >= 4 is 37.3 Å². The van der Waals surface area contributed by atoms with Crippen molar-refractivity contribution in [3.05, 3.63) is 91.0 Å². The molecule has 0 aromatic heterocycles. The second-order valence-corrected chi connectivity index (χ2v) is 6.88. The molecule has 0 amide bonds. The summed E-state index contributed by atoms with van der Waals surface area (Å²) in [5.41, 5.74) is 5.22. The quantitative estimate of drug-likeness (QED) is 0.417. The second-order valence-electron chi connectivity index (χ2n) is 5.60. The van der Waals surface area contributed by atoms with Crippen molar-refractivity contribution in [2.75, 3.05) is 0 Å². The molecule has 0 aliphatic rings. The summed E-state index contributed by atoms with van der Waals surface area (Å²) in [7, 11) is 0. The normalized spacial score (nSPS) is 10.8. The van der Waals surface area contributed by atoms with Crippen molar-refractivity contribution in [1.82, 2.24) is 0 Å². The van der Waals surface area contributed by atoms with Crippen LogP contribution in [0.25, 0.3) is 33.0 Å². The van der Waals surface area contributed by atoms with E-state index < -0.39 is 0 Å². The SMILES string of the molecule is [Sb][c]1c(-c2ccccc2)c(-c2ccccc2)cc2ccccc12. The van der Waals surface area contributed by atoms with Gasteiger partial charge in [-0.15, -0.1) is 0 Å². The van der Waals surface area contributed by atoms with E-state index in [4.69, 9.17) is 0 Å². The molecule has 4 aromatic rings. The van der Waals surface area contributed by atoms with Gasteiger partial charge < -0.3 is 0 Å². The molecule has 4 aromatic carbocycles. The number of hydrogen-bond acceptors (Lipinski definition) is 0. The molecule has 0 nitrogen and oxygen atoms in total. The molecule has 0 bridgehead atoms. The van der Waals surface area contributed by atoms with E-state index in [2.05, 4.69) is 91.0 Å². The summed E-state index contributed by atoms with van der Waals surface area (Å²) in [5.74, 6) is 0. The molecule has 108 valence electrons. The van der Waals surface area contributed by atoms with Gasteiger partial charge in [-0.3, -0.25) is 0 Å². The summed E-state index contributed by atoms with van der Waals surface area (Å²) in [5, 5.41) is 2.65. The molecule has 0 saturated heterocycles. The fourth-order valence-electron chi connectivity index (χ4n) is 3.07. The fourth-order valence-corrected chi connectivity index (χ4v) is 4.36. The fraction of sp³-hybridized carbons (Fsp3) is 0. The van der Waals surface area contributed by atoms with E-state index >= 15 is 0 Å². The van der Waals surface area contributed by atoms with Gasteiger partial charge in [-0.1, -0.05) is 0 Å². The molecule has 0 spiro atoms. The molecule has 0 aliphatic heterocycles. The molecule has 1 heteroatoms. The minimum atomic E-state index is 1.27. The van der Waals surface area contributed by atoms with E-state index in [0.29, 0.717) is 0 Å². The Labute approximate surface area is 150 Å². The van der Waals surface area contributed by atoms with Crippen molar-refractivity contribution in [1.29, 1.82) is 0 Å². The van der Waals surface area contributed by atoms with Crippen LogP contribution in [-0.2, 0) is 0 Å². The van der Waals surface area contributed by atoms with Crippen molar-refractivity contribution in [3.63, 3.8) is 0 Å². The zero-order valence-electron chi connectivity index (χ0n) is 12.6. The van der Waals surface area contributed by atoms with Gasteiger partial charge in [0.05, 0.1) is 0 Å². The Bertz CT molecular complexity index is 957. The van der Waals surface area contributed by atoms with Gasteiger partial charge in [-0.05, 0) is 0 Å². The molecule has 0 saturated carbocycles. The van der Waals surface area contributed by atoms with Crippen LogP contribution in [0.15, 0.2) is 91.0 Å². The Kier molecular flexibility index (Phi) is 3.93. The number of benzene rings is 4. The average molecular weight is 401 g/mol. The van der Waals surface area contributed by atoms with E-state index in [0.717, 1.165) is 0 Å². The van der Waals surface area contributed by atoms with Gasteiger partial charge in [-0.2, -0.15) is 0 Å². The minimum absolute atomic E-state index is 1.27. The summed E-state index contributed by atoms with van der Waals surface area (Å²) in [6.45, 7) is 0. The Morgan fingerprint density at radius 3 is 1.83 bits per heavy atom. The Balaban J connectivity index is 2.11. The molecule has 0 unspecified atom stereocenters. The zero-order valence-corrected chi connectivity index (χ0v) is 15.2. The first-order valence-electron chi connectivity index (χ1n) is 7.70. The Morgan fingerprint density at radius 2 is 1.13 bits per heavy atom. The first kappa shape index (κ1) is 14.5. The van der Waals surface area contributed by atoms with Crippen LogP contribution in [0, 0.1) is 0 Å². The predicted octanol–water partition coefficient (Wildman–Crippen LogP) is 4.97. The number of rotatable bonds is 2. The maximum absolute atomic E-state index is 2.33. The van der Waals surface area contributed by atoms with Crippen molar-refractivity contribution in [3.8, 4) is 22.3 Å². The molecule has 4 rings (SSSR count). The first-order valence-corrected chi connectivity index (χ1v) is 8.98. The number of fused-ring (bicyclic) bond motifs is 1. The Hall–Kier alpha value is -2.04. The van der Waals surface area contributed by atoms with Crippen LogP contribution in [-0.4, -0.2) is 23.0 Å². The van der Waals surface area contributed by atoms with Crippen LogP contribution in [0.5, 0.6) is 0 Å². The second kappa shape index (κ2) is 6.22. The van der Waals surface area contributed by atoms with Gasteiger partial charge in [0, 0.05) is 0 Å². The van der Waals surface area contributed by atoms with E-state index in [1.54, 1.807) is 23.0 Å². The van der Waals surface area contributed by atoms with Gasteiger partial charge in [0.15, 0.2) is 0 Å². The van der Waals surface area contributed by atoms with Crippen LogP contribution in [0.1, 0.15) is 0 Å². The van der Waals surface area contributed by atoms with Gasteiger partial charge in [0.1, 0.15) is 0 Å². The third-order valence-electron chi connectivity index (χ3n) is 4.17. The third-order valence-corrected chi connectivity index (χ3v) is 5.49. The molecule has 0 N–H and O–H groups in total. The molecular formula is C22H15Sb. The molecule has 0 atom stereocenters. The van der Waals surface area contributed by atoms with Crippen molar-refractivity contribution < 1.29 is 0 Å². The van der Waals surface area contributed by atoms with Gasteiger partial charge in [-0.25, -0.2) is 0 Å². The summed E-state index contributed by atoms with van der Waals surface area (Å²) >= 11 is 1.80. The monoisotopic (exact) mass is 400 g/mol. The summed E-state index contributed by atoms with van der Waals surface area (Å²) in [6, 6.07) is 32.4. The van der Waals surface area contributed by atoms with Gasteiger partial charge >= 0.3 is 151 Å². The Morgan fingerprint density at radius 1 is 0.565 bits per heavy atom. The van der Waals surface area contributed by atoms with E-state index in [1.165, 1.54) is 36.5 Å². The van der Waals surface area contributed by atoms with E-state index in [-0.39, 0.29) is 0 Å². The van der Waals surface area contributed by atoms with Crippen molar-refractivity contribution in [2.24, 2.45) is 0 Å². The molecule has 0 aliphatic carbocycles. The van der Waals surface area contributed by atoms with Crippen LogP contribution < -0.4 is 3.51 Å².